The Morgan fingerprint density at radius 2 is 1.88 bits per heavy atom. The Labute approximate surface area is 183 Å². The Kier molecular flexibility index (Phi) is 7.58. The van der Waals surface area contributed by atoms with Crippen LogP contribution in [0.5, 0.6) is 5.75 Å². The fourth-order valence-electron chi connectivity index (χ4n) is 3.41. The van der Waals surface area contributed by atoms with Gasteiger partial charge < -0.3 is 25.2 Å². The first-order chi connectivity index (χ1) is 15.4. The fraction of sp³-hybridized carbons (Fsp3) is 0.318. The second-order valence-electron chi connectivity index (χ2n) is 7.09. The predicted molar refractivity (Wildman–Crippen MR) is 112 cm³/mol. The first-order valence-corrected chi connectivity index (χ1v) is 9.89. The van der Waals surface area contributed by atoms with Crippen molar-refractivity contribution in [3.05, 3.63) is 65.2 Å². The third kappa shape index (κ3) is 5.71. The zero-order valence-corrected chi connectivity index (χ0v) is 17.3. The van der Waals surface area contributed by atoms with Crippen molar-refractivity contribution in [3.8, 4) is 5.75 Å². The smallest absolute Gasteiger partial charge is 0.408 e. The molecule has 0 unspecified atom stereocenters. The Morgan fingerprint density at radius 1 is 1.19 bits per heavy atom. The standard InChI is InChI=1S/C22H23F2N3O5/c1-31-14-9-16(23)19(17(24)10-14)15-11-26-21(25-8-7-18(28)29)20(15)27-22(30)32-12-13-5-3-2-4-6-13/h2-6,9-10,15,20H,7-8,11-12H2,1H3,(H,25,26)(H,27,30)(H,28,29)/t15-,20-/m0/s1. The van der Waals surface area contributed by atoms with Gasteiger partial charge in [0.1, 0.15) is 29.8 Å². The molecule has 0 saturated heterocycles. The van der Waals surface area contributed by atoms with Crippen molar-refractivity contribution in [2.75, 3.05) is 20.2 Å². The van der Waals surface area contributed by atoms with Gasteiger partial charge in [-0.05, 0) is 5.56 Å². The van der Waals surface area contributed by atoms with Crippen LogP contribution in [0.15, 0.2) is 47.5 Å². The van der Waals surface area contributed by atoms with E-state index in [1.54, 1.807) is 24.3 Å². The number of aliphatic imine (C=N–C) groups is 1. The summed E-state index contributed by atoms with van der Waals surface area (Å²) in [7, 11) is 1.30. The minimum atomic E-state index is -1.02. The number of aliphatic carboxylic acids is 1. The van der Waals surface area contributed by atoms with E-state index in [-0.39, 0.29) is 43.3 Å². The van der Waals surface area contributed by atoms with Gasteiger partial charge in [-0.2, -0.15) is 0 Å². The van der Waals surface area contributed by atoms with Crippen LogP contribution in [0.4, 0.5) is 13.6 Å². The molecule has 1 aliphatic heterocycles. The van der Waals surface area contributed by atoms with Gasteiger partial charge in [0, 0.05) is 30.2 Å². The van der Waals surface area contributed by atoms with E-state index < -0.39 is 35.7 Å². The topological polar surface area (TPSA) is 109 Å². The molecule has 2 aromatic rings. The van der Waals surface area contributed by atoms with E-state index in [9.17, 15) is 18.4 Å². The third-order valence-corrected chi connectivity index (χ3v) is 4.95. The number of nitrogens with one attached hydrogen (secondary N) is 2. The summed E-state index contributed by atoms with van der Waals surface area (Å²) >= 11 is 0. The first-order valence-electron chi connectivity index (χ1n) is 9.89. The molecule has 2 atom stereocenters. The Bertz CT molecular complexity index is 977. The predicted octanol–water partition coefficient (Wildman–Crippen LogP) is 2.83. The SMILES string of the molecule is COc1cc(F)c([C@@H]2CN=C(NCCC(=O)O)[C@H]2NC(=O)OCc2ccccc2)c(F)c1. The number of carbonyl (C=O) groups is 2. The van der Waals surface area contributed by atoms with Crippen LogP contribution in [-0.4, -0.2) is 49.2 Å². The van der Waals surface area contributed by atoms with Crippen LogP contribution in [0.1, 0.15) is 23.5 Å². The highest BCUT2D eigenvalue weighted by Gasteiger charge is 2.38. The number of carboxylic acids is 1. The number of rotatable bonds is 8. The monoisotopic (exact) mass is 447 g/mol. The van der Waals surface area contributed by atoms with E-state index in [1.165, 1.54) is 7.11 Å². The van der Waals surface area contributed by atoms with E-state index in [0.29, 0.717) is 0 Å². The molecule has 2 aromatic carbocycles. The molecule has 3 rings (SSSR count). The maximum Gasteiger partial charge on any atom is 0.408 e. The summed E-state index contributed by atoms with van der Waals surface area (Å²) in [5, 5.41) is 14.3. The van der Waals surface area contributed by atoms with Gasteiger partial charge in [0.05, 0.1) is 26.1 Å². The summed E-state index contributed by atoms with van der Waals surface area (Å²) < 4.78 is 39.5. The van der Waals surface area contributed by atoms with E-state index in [1.807, 2.05) is 6.07 Å². The maximum absolute atomic E-state index is 14.7. The summed E-state index contributed by atoms with van der Waals surface area (Å²) in [4.78, 5) is 27.5. The number of nitrogens with zero attached hydrogens (tertiary/aromatic N) is 1. The van der Waals surface area contributed by atoms with E-state index >= 15 is 0 Å². The number of carboxylic acid groups (broad SMARTS) is 1. The molecule has 10 heteroatoms. The van der Waals surface area contributed by atoms with Gasteiger partial charge in [0.2, 0.25) is 0 Å². The number of ether oxygens (including phenoxy) is 2. The molecule has 0 aliphatic carbocycles. The number of amides is 1. The van der Waals surface area contributed by atoms with Gasteiger partial charge in [0.25, 0.3) is 0 Å². The molecule has 8 nitrogen and oxygen atoms in total. The minimum Gasteiger partial charge on any atom is -0.497 e. The molecule has 0 fully saturated rings. The van der Waals surface area contributed by atoms with Gasteiger partial charge in [-0.1, -0.05) is 30.3 Å². The quantitative estimate of drug-likeness (QED) is 0.574. The number of benzene rings is 2. The van der Waals surface area contributed by atoms with Crippen molar-refractivity contribution in [3.63, 3.8) is 0 Å². The molecule has 1 amide bonds. The van der Waals surface area contributed by atoms with Crippen LogP contribution in [0.3, 0.4) is 0 Å². The molecule has 0 bridgehead atoms. The number of methoxy groups -OCH3 is 1. The van der Waals surface area contributed by atoms with Crippen LogP contribution in [0.25, 0.3) is 0 Å². The highest BCUT2D eigenvalue weighted by molar-refractivity contribution is 5.93. The lowest BCUT2D eigenvalue weighted by atomic mass is 9.91. The number of carbonyl (C=O) groups excluding carboxylic acids is 1. The van der Waals surface area contributed by atoms with Crippen LogP contribution < -0.4 is 15.4 Å². The summed E-state index contributed by atoms with van der Waals surface area (Å²) in [6.07, 6.45) is -0.993. The first kappa shape index (κ1) is 23.0. The average molecular weight is 447 g/mol. The van der Waals surface area contributed by atoms with Gasteiger partial charge >= 0.3 is 12.1 Å². The van der Waals surface area contributed by atoms with E-state index in [4.69, 9.17) is 14.6 Å². The van der Waals surface area contributed by atoms with Gasteiger partial charge in [-0.3, -0.25) is 9.79 Å². The second kappa shape index (κ2) is 10.6. The molecule has 170 valence electrons. The zero-order chi connectivity index (χ0) is 23.1. The molecule has 0 aromatic heterocycles. The lowest BCUT2D eigenvalue weighted by Gasteiger charge is -2.24. The fourth-order valence-corrected chi connectivity index (χ4v) is 3.41. The molecule has 32 heavy (non-hydrogen) atoms. The normalized spacial score (nSPS) is 17.4. The number of alkyl carbamates (subject to hydrolysis) is 1. The lowest BCUT2D eigenvalue weighted by Crippen LogP contribution is -2.48. The maximum atomic E-state index is 14.7. The van der Waals surface area contributed by atoms with Crippen molar-refractivity contribution in [2.24, 2.45) is 4.99 Å². The number of hydrogen-bond acceptors (Lipinski definition) is 6. The highest BCUT2D eigenvalue weighted by Crippen LogP contribution is 2.32. The molecule has 0 spiro atoms. The largest absolute Gasteiger partial charge is 0.497 e. The molecular formula is C22H23F2N3O5. The summed E-state index contributed by atoms with van der Waals surface area (Å²) in [6, 6.07) is 10.2. The van der Waals surface area contributed by atoms with Crippen LogP contribution in [0.2, 0.25) is 0 Å². The van der Waals surface area contributed by atoms with Crippen LogP contribution >= 0.6 is 0 Å². The van der Waals surface area contributed by atoms with Crippen LogP contribution in [-0.2, 0) is 16.1 Å². The highest BCUT2D eigenvalue weighted by atomic mass is 19.1. The number of amidine groups is 1. The third-order valence-electron chi connectivity index (χ3n) is 4.95. The van der Waals surface area contributed by atoms with Crippen LogP contribution in [0, 0.1) is 11.6 Å². The van der Waals surface area contributed by atoms with Crippen molar-refractivity contribution in [1.29, 1.82) is 0 Å². The molecule has 1 aliphatic rings. The Hall–Kier alpha value is -3.69. The summed E-state index contributed by atoms with van der Waals surface area (Å²) in [5.74, 6) is -3.31. The molecule has 3 N–H and O–H groups in total. The van der Waals surface area contributed by atoms with E-state index in [2.05, 4.69) is 15.6 Å². The molecule has 0 radical (unpaired) electrons. The molecule has 1 heterocycles. The zero-order valence-electron chi connectivity index (χ0n) is 17.3. The van der Waals surface area contributed by atoms with Crippen molar-refractivity contribution < 1.29 is 33.0 Å². The van der Waals surface area contributed by atoms with Crippen molar-refractivity contribution in [2.45, 2.75) is 25.0 Å². The number of halogens is 2. The van der Waals surface area contributed by atoms with Gasteiger partial charge in [0.15, 0.2) is 0 Å². The van der Waals surface area contributed by atoms with Gasteiger partial charge in [-0.25, -0.2) is 13.6 Å². The summed E-state index contributed by atoms with van der Waals surface area (Å²) in [6.45, 7) is 0.0269. The minimum absolute atomic E-state index is 0.00817. The number of hydrogen-bond donors (Lipinski definition) is 3. The Balaban J connectivity index is 1.77. The average Bonchev–Trinajstić information content (AvgIpc) is 3.14. The van der Waals surface area contributed by atoms with Gasteiger partial charge in [-0.15, -0.1) is 0 Å². The molecular weight excluding hydrogens is 424 g/mol. The van der Waals surface area contributed by atoms with Crippen molar-refractivity contribution in [1.82, 2.24) is 10.6 Å². The Morgan fingerprint density at radius 3 is 2.50 bits per heavy atom. The van der Waals surface area contributed by atoms with E-state index in [0.717, 1.165) is 17.7 Å². The second-order valence-corrected chi connectivity index (χ2v) is 7.09. The van der Waals surface area contributed by atoms with Crippen molar-refractivity contribution >= 4 is 17.9 Å². The molecule has 0 saturated carbocycles. The lowest BCUT2D eigenvalue weighted by molar-refractivity contribution is -0.136. The summed E-state index contributed by atoms with van der Waals surface area (Å²) in [5.41, 5.74) is 0.518.